The number of benzene rings is 1. The molecule has 5 heteroatoms. The van der Waals surface area contributed by atoms with E-state index >= 15 is 0 Å². The fraction of sp³-hybridized carbons (Fsp3) is 0.316. The van der Waals surface area contributed by atoms with Gasteiger partial charge in [-0.15, -0.1) is 0 Å². The van der Waals surface area contributed by atoms with E-state index in [0.29, 0.717) is 21.5 Å². The first kappa shape index (κ1) is 17.3. The first-order valence-electron chi connectivity index (χ1n) is 8.03. The van der Waals surface area contributed by atoms with Gasteiger partial charge in [0, 0.05) is 28.0 Å². The first-order chi connectivity index (χ1) is 11.5. The minimum absolute atomic E-state index is 0.395. The Hall–Kier alpha value is -1.55. The van der Waals surface area contributed by atoms with Crippen molar-refractivity contribution in [3.05, 3.63) is 70.3 Å². The summed E-state index contributed by atoms with van der Waals surface area (Å²) in [5.41, 5.74) is 2.85. The van der Waals surface area contributed by atoms with Crippen LogP contribution in [0.15, 0.2) is 54.6 Å². The van der Waals surface area contributed by atoms with Crippen LogP contribution >= 0.6 is 23.2 Å². The zero-order valence-corrected chi connectivity index (χ0v) is 15.0. The fourth-order valence-corrected chi connectivity index (χ4v) is 3.50. The van der Waals surface area contributed by atoms with Gasteiger partial charge in [0.05, 0.1) is 12.0 Å². The summed E-state index contributed by atoms with van der Waals surface area (Å²) in [6.45, 7) is 2.17. The molecule has 2 atom stereocenters. The van der Waals surface area contributed by atoms with Crippen LogP contribution in [-0.2, 0) is 0 Å². The molecule has 0 spiro atoms. The van der Waals surface area contributed by atoms with Crippen molar-refractivity contribution in [1.29, 1.82) is 0 Å². The Labute approximate surface area is 152 Å². The second-order valence-electron chi connectivity index (χ2n) is 6.21. The molecule has 3 nitrogen and oxygen atoms in total. The molecule has 1 N–H and O–H groups in total. The zero-order chi connectivity index (χ0) is 17.1. The third-order valence-electron chi connectivity index (χ3n) is 4.42. The van der Waals surface area contributed by atoms with Gasteiger partial charge in [0.15, 0.2) is 0 Å². The predicted octanol–water partition coefficient (Wildman–Crippen LogP) is 5.51. The van der Waals surface area contributed by atoms with Crippen molar-refractivity contribution in [1.82, 2.24) is 9.55 Å². The average Bonchev–Trinajstić information content (AvgIpc) is 3.08. The highest BCUT2D eigenvalue weighted by Crippen LogP contribution is 2.35. The molecule has 0 amide bonds. The Morgan fingerprint density at radius 3 is 2.88 bits per heavy atom. The molecule has 1 heterocycles. The fourth-order valence-electron chi connectivity index (χ4n) is 2.99. The molecule has 0 aliphatic heterocycles. The molecule has 1 aliphatic carbocycles. The minimum Gasteiger partial charge on any atom is -0.382 e. The molecular formula is C19H20Cl2N2O. The van der Waals surface area contributed by atoms with Crippen molar-refractivity contribution in [3.8, 4) is 0 Å². The molecule has 0 saturated heterocycles. The van der Waals surface area contributed by atoms with Crippen LogP contribution in [0.2, 0.25) is 10.0 Å². The lowest BCUT2D eigenvalue weighted by Gasteiger charge is -2.22. The van der Waals surface area contributed by atoms with Gasteiger partial charge in [-0.25, -0.2) is 4.98 Å². The lowest BCUT2D eigenvalue weighted by atomic mass is 9.88. The molecular weight excluding hydrogens is 343 g/mol. The molecule has 2 unspecified atom stereocenters. The van der Waals surface area contributed by atoms with Gasteiger partial charge < -0.3 is 9.67 Å². The third-order valence-corrected chi connectivity index (χ3v) is 4.99. The number of aliphatic hydroxyl groups excluding tert-OH is 1. The first-order valence-corrected chi connectivity index (χ1v) is 8.79. The van der Waals surface area contributed by atoms with Gasteiger partial charge in [-0.05, 0) is 44.2 Å². The maximum atomic E-state index is 10.9. The van der Waals surface area contributed by atoms with Crippen molar-refractivity contribution < 1.29 is 5.11 Å². The van der Waals surface area contributed by atoms with E-state index in [9.17, 15) is 5.11 Å². The monoisotopic (exact) mass is 362 g/mol. The van der Waals surface area contributed by atoms with Gasteiger partial charge in [0.2, 0.25) is 0 Å². The molecule has 3 rings (SSSR count). The highest BCUT2D eigenvalue weighted by atomic mass is 35.5. The standard InChI is InChI=1S/C19H20Cl2N2O/c1-13-2-4-14(5-3-13)10-18(23-9-8-22-12-23)19(24)16-7-6-15(20)11-17(16)21/h2,6-12,14,19,24H,3-5H2,1H3. The molecule has 0 saturated carbocycles. The Bertz CT molecular complexity index is 766. The summed E-state index contributed by atoms with van der Waals surface area (Å²) in [5.74, 6) is 0.395. The molecule has 1 aliphatic rings. The van der Waals surface area contributed by atoms with Crippen LogP contribution in [0.25, 0.3) is 5.70 Å². The van der Waals surface area contributed by atoms with E-state index < -0.39 is 6.10 Å². The molecule has 0 radical (unpaired) electrons. The molecule has 1 aromatic carbocycles. The number of allylic oxidation sites excluding steroid dienone is 3. The number of aliphatic hydroxyl groups is 1. The Balaban J connectivity index is 1.96. The van der Waals surface area contributed by atoms with Gasteiger partial charge in [0.1, 0.15) is 6.10 Å². The second-order valence-corrected chi connectivity index (χ2v) is 7.06. The smallest absolute Gasteiger partial charge is 0.120 e. The summed E-state index contributed by atoms with van der Waals surface area (Å²) in [6, 6.07) is 5.16. The van der Waals surface area contributed by atoms with Crippen LogP contribution in [0, 0.1) is 5.92 Å². The van der Waals surface area contributed by atoms with E-state index in [-0.39, 0.29) is 0 Å². The number of nitrogens with zero attached hydrogens (tertiary/aromatic N) is 2. The van der Waals surface area contributed by atoms with Crippen LogP contribution < -0.4 is 0 Å². The molecule has 0 bridgehead atoms. The summed E-state index contributed by atoms with van der Waals surface area (Å²) in [6.07, 6.45) is 12.0. The Morgan fingerprint density at radius 1 is 1.42 bits per heavy atom. The number of halogens is 2. The van der Waals surface area contributed by atoms with Gasteiger partial charge in [-0.3, -0.25) is 0 Å². The predicted molar refractivity (Wildman–Crippen MR) is 99.0 cm³/mol. The number of imidazole rings is 1. The summed E-state index contributed by atoms with van der Waals surface area (Å²) in [7, 11) is 0. The third kappa shape index (κ3) is 3.92. The average molecular weight is 363 g/mol. The van der Waals surface area contributed by atoms with Crippen molar-refractivity contribution in [2.45, 2.75) is 32.3 Å². The van der Waals surface area contributed by atoms with Crippen LogP contribution in [0.5, 0.6) is 0 Å². The maximum absolute atomic E-state index is 10.9. The second kappa shape index (κ2) is 7.56. The Morgan fingerprint density at radius 2 is 2.25 bits per heavy atom. The molecule has 24 heavy (non-hydrogen) atoms. The van der Waals surface area contributed by atoms with E-state index in [1.807, 2.05) is 10.8 Å². The lowest BCUT2D eigenvalue weighted by molar-refractivity contribution is 0.231. The van der Waals surface area contributed by atoms with E-state index in [1.165, 1.54) is 5.57 Å². The summed E-state index contributed by atoms with van der Waals surface area (Å²) in [5, 5.41) is 12.0. The largest absolute Gasteiger partial charge is 0.382 e. The number of hydrogen-bond donors (Lipinski definition) is 1. The van der Waals surface area contributed by atoms with Crippen molar-refractivity contribution in [2.24, 2.45) is 5.92 Å². The highest BCUT2D eigenvalue weighted by Gasteiger charge is 2.21. The number of rotatable bonds is 4. The maximum Gasteiger partial charge on any atom is 0.120 e. The summed E-state index contributed by atoms with van der Waals surface area (Å²) >= 11 is 12.3. The van der Waals surface area contributed by atoms with E-state index in [1.54, 1.807) is 30.7 Å². The normalized spacial score (nSPS) is 19.9. The van der Waals surface area contributed by atoms with Crippen molar-refractivity contribution >= 4 is 28.9 Å². The van der Waals surface area contributed by atoms with Gasteiger partial charge in [-0.1, -0.05) is 47.0 Å². The van der Waals surface area contributed by atoms with E-state index in [0.717, 1.165) is 25.0 Å². The van der Waals surface area contributed by atoms with Crippen molar-refractivity contribution in [3.63, 3.8) is 0 Å². The SMILES string of the molecule is CC1=CCC(C=C(C(O)c2ccc(Cl)cc2Cl)n2ccnc2)CC1. The number of aromatic nitrogens is 2. The molecule has 126 valence electrons. The molecule has 0 fully saturated rings. The van der Waals surface area contributed by atoms with Crippen molar-refractivity contribution in [2.75, 3.05) is 0 Å². The molecule has 2 aromatic rings. The van der Waals surface area contributed by atoms with Crippen LogP contribution in [0.3, 0.4) is 0 Å². The van der Waals surface area contributed by atoms with Crippen LogP contribution in [0.4, 0.5) is 0 Å². The summed E-state index contributed by atoms with van der Waals surface area (Å²) < 4.78 is 1.85. The lowest BCUT2D eigenvalue weighted by Crippen LogP contribution is -2.11. The van der Waals surface area contributed by atoms with Gasteiger partial charge in [0.25, 0.3) is 0 Å². The number of hydrogen-bond acceptors (Lipinski definition) is 2. The van der Waals surface area contributed by atoms with Crippen LogP contribution in [0.1, 0.15) is 37.9 Å². The topological polar surface area (TPSA) is 38.0 Å². The van der Waals surface area contributed by atoms with Gasteiger partial charge in [-0.2, -0.15) is 0 Å². The minimum atomic E-state index is -0.837. The van der Waals surface area contributed by atoms with E-state index in [4.69, 9.17) is 23.2 Å². The Kier molecular flexibility index (Phi) is 5.44. The zero-order valence-electron chi connectivity index (χ0n) is 13.5. The quantitative estimate of drug-likeness (QED) is 0.728. The van der Waals surface area contributed by atoms with Gasteiger partial charge >= 0.3 is 0 Å². The summed E-state index contributed by atoms with van der Waals surface area (Å²) in [4.78, 5) is 4.11. The van der Waals surface area contributed by atoms with Crippen LogP contribution in [-0.4, -0.2) is 14.7 Å². The molecule has 1 aromatic heterocycles. The highest BCUT2D eigenvalue weighted by molar-refractivity contribution is 6.35. The van der Waals surface area contributed by atoms with E-state index in [2.05, 4.69) is 24.1 Å².